The highest BCUT2D eigenvalue weighted by atomic mass is 16.1. The summed E-state index contributed by atoms with van der Waals surface area (Å²) in [5, 5.41) is 9.22. The molecule has 1 aliphatic carbocycles. The molecule has 98 valence electrons. The first kappa shape index (κ1) is 13.5. The van der Waals surface area contributed by atoms with E-state index in [2.05, 4.69) is 6.07 Å². The van der Waals surface area contributed by atoms with Gasteiger partial charge < -0.3 is 0 Å². The molecule has 0 saturated heterocycles. The van der Waals surface area contributed by atoms with Gasteiger partial charge in [-0.1, -0.05) is 29.8 Å². The third-order valence-electron chi connectivity index (χ3n) is 3.91. The van der Waals surface area contributed by atoms with E-state index in [1.165, 1.54) is 0 Å². The van der Waals surface area contributed by atoms with Gasteiger partial charge in [0, 0.05) is 18.4 Å². The number of benzene rings is 1. The fourth-order valence-corrected chi connectivity index (χ4v) is 2.58. The fraction of sp³-hybridized carbons (Fsp3) is 0.438. The molecule has 1 aromatic carbocycles. The first-order valence-electron chi connectivity index (χ1n) is 6.62. The molecule has 1 aromatic rings. The molecule has 2 rings (SSSR count). The Balaban J connectivity index is 2.02. The zero-order chi connectivity index (χ0) is 13.9. The molecular formula is C16H17NO2. The van der Waals surface area contributed by atoms with Crippen LogP contribution in [-0.2, 0) is 4.79 Å². The van der Waals surface area contributed by atoms with Crippen molar-refractivity contribution in [3.05, 3.63) is 35.4 Å². The Labute approximate surface area is 113 Å². The SMILES string of the molecule is Cc1ccc(C(=O)CC[C@@]2(C#N)CCCC2=O)cc1. The van der Waals surface area contributed by atoms with Crippen molar-refractivity contribution in [1.29, 1.82) is 5.26 Å². The molecule has 1 fully saturated rings. The van der Waals surface area contributed by atoms with Crippen molar-refractivity contribution in [3.8, 4) is 6.07 Å². The molecule has 0 radical (unpaired) electrons. The normalized spacial score (nSPS) is 22.2. The third-order valence-corrected chi connectivity index (χ3v) is 3.91. The van der Waals surface area contributed by atoms with Gasteiger partial charge in [0.05, 0.1) is 6.07 Å². The number of carbonyl (C=O) groups excluding carboxylic acids is 2. The van der Waals surface area contributed by atoms with Gasteiger partial charge in [0.1, 0.15) is 5.41 Å². The maximum Gasteiger partial charge on any atom is 0.162 e. The van der Waals surface area contributed by atoms with Crippen molar-refractivity contribution in [2.45, 2.75) is 39.0 Å². The van der Waals surface area contributed by atoms with Gasteiger partial charge in [-0.25, -0.2) is 0 Å². The van der Waals surface area contributed by atoms with Gasteiger partial charge in [-0.05, 0) is 26.2 Å². The first-order chi connectivity index (χ1) is 9.07. The molecule has 0 heterocycles. The van der Waals surface area contributed by atoms with Crippen LogP contribution in [0.3, 0.4) is 0 Å². The summed E-state index contributed by atoms with van der Waals surface area (Å²) in [6.45, 7) is 1.97. The number of nitrogens with zero attached hydrogens (tertiary/aromatic N) is 1. The standard InChI is InChI=1S/C16H17NO2/c1-12-4-6-13(7-5-12)14(18)8-10-16(11-17)9-2-3-15(16)19/h4-7H,2-3,8-10H2,1H3/t16-/m1/s1. The van der Waals surface area contributed by atoms with Crippen molar-refractivity contribution in [2.75, 3.05) is 0 Å². The van der Waals surface area contributed by atoms with E-state index >= 15 is 0 Å². The van der Waals surface area contributed by atoms with E-state index in [4.69, 9.17) is 0 Å². The summed E-state index contributed by atoms with van der Waals surface area (Å²) in [6, 6.07) is 9.53. The van der Waals surface area contributed by atoms with Crippen LogP contribution in [0.25, 0.3) is 0 Å². The van der Waals surface area contributed by atoms with E-state index in [0.717, 1.165) is 12.0 Å². The molecule has 0 spiro atoms. The monoisotopic (exact) mass is 255 g/mol. The molecule has 0 aliphatic heterocycles. The van der Waals surface area contributed by atoms with Crippen molar-refractivity contribution in [2.24, 2.45) is 5.41 Å². The van der Waals surface area contributed by atoms with E-state index in [-0.39, 0.29) is 18.0 Å². The number of rotatable bonds is 4. The van der Waals surface area contributed by atoms with Gasteiger partial charge in [-0.2, -0.15) is 5.26 Å². The van der Waals surface area contributed by atoms with Crippen LogP contribution in [0.2, 0.25) is 0 Å². The topological polar surface area (TPSA) is 57.9 Å². The number of hydrogen-bond acceptors (Lipinski definition) is 3. The predicted molar refractivity (Wildman–Crippen MR) is 71.6 cm³/mol. The molecule has 3 nitrogen and oxygen atoms in total. The number of hydrogen-bond donors (Lipinski definition) is 0. The van der Waals surface area contributed by atoms with E-state index in [1.54, 1.807) is 12.1 Å². The second kappa shape index (κ2) is 5.36. The molecular weight excluding hydrogens is 238 g/mol. The lowest BCUT2D eigenvalue weighted by molar-refractivity contribution is -0.123. The van der Waals surface area contributed by atoms with Crippen molar-refractivity contribution in [1.82, 2.24) is 0 Å². The Morgan fingerprint density at radius 2 is 2.05 bits per heavy atom. The van der Waals surface area contributed by atoms with Crippen LogP contribution in [0.5, 0.6) is 0 Å². The lowest BCUT2D eigenvalue weighted by Crippen LogP contribution is -2.24. The second-order valence-corrected chi connectivity index (χ2v) is 5.26. The van der Waals surface area contributed by atoms with Gasteiger partial charge >= 0.3 is 0 Å². The van der Waals surface area contributed by atoms with Gasteiger partial charge in [0.2, 0.25) is 0 Å². The second-order valence-electron chi connectivity index (χ2n) is 5.26. The molecule has 3 heteroatoms. The van der Waals surface area contributed by atoms with Crippen LogP contribution in [0.1, 0.15) is 48.0 Å². The maximum atomic E-state index is 12.1. The first-order valence-corrected chi connectivity index (χ1v) is 6.62. The van der Waals surface area contributed by atoms with Gasteiger partial charge in [0.15, 0.2) is 11.6 Å². The molecule has 0 amide bonds. The average molecular weight is 255 g/mol. The Morgan fingerprint density at radius 3 is 2.58 bits per heavy atom. The minimum atomic E-state index is -0.902. The molecule has 0 bridgehead atoms. The fourth-order valence-electron chi connectivity index (χ4n) is 2.58. The van der Waals surface area contributed by atoms with E-state index in [9.17, 15) is 14.9 Å². The zero-order valence-electron chi connectivity index (χ0n) is 11.1. The van der Waals surface area contributed by atoms with Crippen molar-refractivity contribution in [3.63, 3.8) is 0 Å². The number of carbonyl (C=O) groups is 2. The van der Waals surface area contributed by atoms with E-state index in [0.29, 0.717) is 24.8 Å². The molecule has 0 aromatic heterocycles. The van der Waals surface area contributed by atoms with Crippen LogP contribution in [-0.4, -0.2) is 11.6 Å². The molecule has 19 heavy (non-hydrogen) atoms. The quantitative estimate of drug-likeness (QED) is 0.776. The summed E-state index contributed by atoms with van der Waals surface area (Å²) in [5.74, 6) is 0.0148. The molecule has 0 unspecified atom stereocenters. The highest BCUT2D eigenvalue weighted by Crippen LogP contribution is 2.38. The Morgan fingerprint density at radius 1 is 1.37 bits per heavy atom. The molecule has 1 atom stereocenters. The van der Waals surface area contributed by atoms with E-state index in [1.807, 2.05) is 19.1 Å². The minimum Gasteiger partial charge on any atom is -0.298 e. The summed E-state index contributed by atoms with van der Waals surface area (Å²) in [6.07, 6.45) is 2.47. The number of ketones is 2. The molecule has 1 aliphatic rings. The largest absolute Gasteiger partial charge is 0.298 e. The molecule has 0 N–H and O–H groups in total. The number of Topliss-reactive ketones (excluding diaryl/α,β-unsaturated/α-hetero) is 2. The van der Waals surface area contributed by atoms with Crippen LogP contribution < -0.4 is 0 Å². The number of nitriles is 1. The van der Waals surface area contributed by atoms with Crippen molar-refractivity contribution >= 4 is 11.6 Å². The smallest absolute Gasteiger partial charge is 0.162 e. The minimum absolute atomic E-state index is 0.00621. The highest BCUT2D eigenvalue weighted by molar-refractivity contribution is 5.97. The number of aryl methyl sites for hydroxylation is 1. The van der Waals surface area contributed by atoms with Crippen LogP contribution in [0.15, 0.2) is 24.3 Å². The van der Waals surface area contributed by atoms with E-state index < -0.39 is 5.41 Å². The lowest BCUT2D eigenvalue weighted by atomic mass is 9.81. The highest BCUT2D eigenvalue weighted by Gasteiger charge is 2.42. The summed E-state index contributed by atoms with van der Waals surface area (Å²) in [4.78, 5) is 23.8. The Hall–Kier alpha value is -1.95. The van der Waals surface area contributed by atoms with Crippen LogP contribution >= 0.6 is 0 Å². The average Bonchev–Trinajstić information content (AvgIpc) is 2.79. The Kier molecular flexibility index (Phi) is 3.80. The summed E-state index contributed by atoms with van der Waals surface area (Å²) < 4.78 is 0. The van der Waals surface area contributed by atoms with Crippen LogP contribution in [0.4, 0.5) is 0 Å². The third kappa shape index (κ3) is 2.73. The van der Waals surface area contributed by atoms with Crippen LogP contribution in [0, 0.1) is 23.7 Å². The summed E-state index contributed by atoms with van der Waals surface area (Å²) >= 11 is 0. The summed E-state index contributed by atoms with van der Waals surface area (Å²) in [5.41, 5.74) is 0.862. The summed E-state index contributed by atoms with van der Waals surface area (Å²) in [7, 11) is 0. The van der Waals surface area contributed by atoms with Gasteiger partial charge in [-0.15, -0.1) is 0 Å². The predicted octanol–water partition coefficient (Wildman–Crippen LogP) is 3.22. The maximum absolute atomic E-state index is 12.1. The van der Waals surface area contributed by atoms with Crippen molar-refractivity contribution < 1.29 is 9.59 Å². The van der Waals surface area contributed by atoms with Gasteiger partial charge in [0.25, 0.3) is 0 Å². The molecule has 1 saturated carbocycles. The lowest BCUT2D eigenvalue weighted by Gasteiger charge is -2.17. The zero-order valence-corrected chi connectivity index (χ0v) is 11.1. The van der Waals surface area contributed by atoms with Gasteiger partial charge in [-0.3, -0.25) is 9.59 Å². The Bertz CT molecular complexity index is 539.